The van der Waals surface area contributed by atoms with Crippen LogP contribution in [0.2, 0.25) is 0 Å². The van der Waals surface area contributed by atoms with E-state index in [4.69, 9.17) is 0 Å². The maximum atomic E-state index is 13.9. The molecule has 7 nitrogen and oxygen atoms in total. The zero-order valence-electron chi connectivity index (χ0n) is 19.3. The first-order chi connectivity index (χ1) is 16.9. The monoisotopic (exact) mass is 526 g/mol. The lowest BCUT2D eigenvalue weighted by Gasteiger charge is -2.12. The number of nitrogens with one attached hydrogen (secondary N) is 3. The van der Waals surface area contributed by atoms with E-state index in [0.29, 0.717) is 38.6 Å². The van der Waals surface area contributed by atoms with Crippen LogP contribution in [0.3, 0.4) is 0 Å². The zero-order valence-corrected chi connectivity index (χ0v) is 21.0. The number of fused-ring (bicyclic) bond motifs is 1. The van der Waals surface area contributed by atoms with E-state index in [1.165, 1.54) is 28.8 Å². The number of carbonyl (C=O) groups is 2. The average molecular weight is 527 g/mol. The van der Waals surface area contributed by atoms with Crippen molar-refractivity contribution in [2.24, 2.45) is 0 Å². The fourth-order valence-corrected chi connectivity index (χ4v) is 5.46. The number of pyridine rings is 1. The fraction of sp³-hybridized carbons (Fsp3) is 0.192. The summed E-state index contributed by atoms with van der Waals surface area (Å²) < 4.78 is 15.4. The van der Waals surface area contributed by atoms with Gasteiger partial charge < -0.3 is 10.6 Å². The maximum Gasteiger partial charge on any atom is 0.320 e. The number of ketones is 1. The number of hydrogen-bond acceptors (Lipinski definition) is 5. The van der Waals surface area contributed by atoms with E-state index in [-0.39, 0.29) is 35.4 Å². The third kappa shape index (κ3) is 4.90. The van der Waals surface area contributed by atoms with Crippen LogP contribution >= 0.6 is 23.7 Å². The smallest absolute Gasteiger partial charge is 0.320 e. The Balaban J connectivity index is 0.00000304. The molecule has 2 aromatic heterocycles. The van der Waals surface area contributed by atoms with Crippen LogP contribution in [-0.4, -0.2) is 35.5 Å². The highest BCUT2D eigenvalue weighted by atomic mass is 35.5. The lowest BCUT2D eigenvalue weighted by molar-refractivity contribution is 0.104. The SMILES string of the molecule is Cc1cc(C(=O)c2c(NC(=O)N[C@@H]3CCNC3)sc3c2ccc(=O)n3-c2ccccc2)ccc1F.Cl. The lowest BCUT2D eigenvalue weighted by atomic mass is 10.0. The number of thiophene rings is 1. The van der Waals surface area contributed by atoms with E-state index in [1.807, 2.05) is 18.2 Å². The predicted octanol–water partition coefficient (Wildman–Crippen LogP) is 4.64. The van der Waals surface area contributed by atoms with Crippen molar-refractivity contribution in [1.82, 2.24) is 15.2 Å². The Labute approximate surface area is 216 Å². The van der Waals surface area contributed by atoms with Gasteiger partial charge in [-0.25, -0.2) is 9.18 Å². The van der Waals surface area contributed by atoms with Gasteiger partial charge in [0.25, 0.3) is 5.56 Å². The fourth-order valence-electron chi connectivity index (χ4n) is 4.25. The Morgan fingerprint density at radius 1 is 1.11 bits per heavy atom. The normalized spacial score (nSPS) is 14.9. The summed E-state index contributed by atoms with van der Waals surface area (Å²) in [7, 11) is 0. The second-order valence-electron chi connectivity index (χ2n) is 8.45. The van der Waals surface area contributed by atoms with Crippen LogP contribution in [0.5, 0.6) is 0 Å². The quantitative estimate of drug-likeness (QED) is 0.330. The molecule has 0 spiro atoms. The number of carbonyl (C=O) groups excluding carboxylic acids is 2. The number of aryl methyl sites for hydroxylation is 1. The second-order valence-corrected chi connectivity index (χ2v) is 9.45. The Hall–Kier alpha value is -3.53. The third-order valence-corrected chi connectivity index (χ3v) is 7.13. The molecule has 3 N–H and O–H groups in total. The van der Waals surface area contributed by atoms with Gasteiger partial charge in [0.15, 0.2) is 5.78 Å². The van der Waals surface area contributed by atoms with Crippen LogP contribution < -0.4 is 21.5 Å². The molecule has 5 rings (SSSR count). The number of hydrogen-bond donors (Lipinski definition) is 3. The minimum absolute atomic E-state index is 0. The van der Waals surface area contributed by atoms with Gasteiger partial charge >= 0.3 is 6.03 Å². The summed E-state index contributed by atoms with van der Waals surface area (Å²) in [6, 6.07) is 15.8. The summed E-state index contributed by atoms with van der Waals surface area (Å²) in [4.78, 5) is 39.9. The number of halogens is 2. The van der Waals surface area contributed by atoms with E-state index < -0.39 is 11.8 Å². The van der Waals surface area contributed by atoms with Crippen LogP contribution in [0.25, 0.3) is 15.9 Å². The van der Waals surface area contributed by atoms with Crippen molar-refractivity contribution in [2.45, 2.75) is 19.4 Å². The highest BCUT2D eigenvalue weighted by Crippen LogP contribution is 2.37. The van der Waals surface area contributed by atoms with Gasteiger partial charge in [0, 0.05) is 29.6 Å². The summed E-state index contributed by atoms with van der Waals surface area (Å²) in [6.07, 6.45) is 0.814. The molecule has 1 aliphatic heterocycles. The molecule has 1 saturated heterocycles. The third-order valence-electron chi connectivity index (χ3n) is 6.03. The highest BCUT2D eigenvalue weighted by molar-refractivity contribution is 7.23. The van der Waals surface area contributed by atoms with Crippen molar-refractivity contribution in [2.75, 3.05) is 18.4 Å². The number of benzene rings is 2. The molecule has 186 valence electrons. The summed E-state index contributed by atoms with van der Waals surface area (Å²) in [5, 5.41) is 9.80. The number of anilines is 1. The first-order valence-electron chi connectivity index (χ1n) is 11.3. The van der Waals surface area contributed by atoms with E-state index in [9.17, 15) is 18.8 Å². The van der Waals surface area contributed by atoms with Gasteiger partial charge in [-0.05, 0) is 61.9 Å². The van der Waals surface area contributed by atoms with E-state index in [0.717, 1.165) is 24.3 Å². The molecule has 0 aliphatic carbocycles. The number of aromatic nitrogens is 1. The summed E-state index contributed by atoms with van der Waals surface area (Å²) in [5.41, 5.74) is 1.30. The zero-order chi connectivity index (χ0) is 24.5. The average Bonchev–Trinajstić information content (AvgIpc) is 3.48. The predicted molar refractivity (Wildman–Crippen MR) is 143 cm³/mol. The number of nitrogens with zero attached hydrogens (tertiary/aromatic N) is 1. The second kappa shape index (κ2) is 10.6. The molecule has 2 amide bonds. The number of urea groups is 1. The van der Waals surface area contributed by atoms with Gasteiger partial charge in [-0.15, -0.1) is 12.4 Å². The van der Waals surface area contributed by atoms with Crippen molar-refractivity contribution >= 4 is 50.8 Å². The minimum atomic E-state index is -0.428. The molecule has 0 radical (unpaired) electrons. The van der Waals surface area contributed by atoms with E-state index >= 15 is 0 Å². The first kappa shape index (κ1) is 25.6. The van der Waals surface area contributed by atoms with Crippen molar-refractivity contribution in [3.05, 3.63) is 93.5 Å². The van der Waals surface area contributed by atoms with Crippen molar-refractivity contribution in [1.29, 1.82) is 0 Å². The minimum Gasteiger partial charge on any atom is -0.334 e. The molecule has 1 atom stereocenters. The Morgan fingerprint density at radius 3 is 2.58 bits per heavy atom. The molecule has 10 heteroatoms. The molecule has 1 aliphatic rings. The van der Waals surface area contributed by atoms with Crippen molar-refractivity contribution < 1.29 is 14.0 Å². The highest BCUT2D eigenvalue weighted by Gasteiger charge is 2.25. The van der Waals surface area contributed by atoms with Crippen molar-refractivity contribution in [3.8, 4) is 5.69 Å². The topological polar surface area (TPSA) is 92.2 Å². The van der Waals surface area contributed by atoms with Gasteiger partial charge in [-0.1, -0.05) is 29.5 Å². The molecule has 2 aromatic carbocycles. The van der Waals surface area contributed by atoms with Crippen molar-refractivity contribution in [3.63, 3.8) is 0 Å². The molecule has 4 aromatic rings. The van der Waals surface area contributed by atoms with Crippen LogP contribution in [-0.2, 0) is 0 Å². The van der Waals surface area contributed by atoms with E-state index in [1.54, 1.807) is 25.1 Å². The molecular weight excluding hydrogens is 503 g/mol. The Kier molecular flexibility index (Phi) is 7.53. The van der Waals surface area contributed by atoms with Crippen LogP contribution in [0.1, 0.15) is 27.9 Å². The summed E-state index contributed by atoms with van der Waals surface area (Å²) in [5.74, 6) is -0.770. The summed E-state index contributed by atoms with van der Waals surface area (Å²) in [6.45, 7) is 3.09. The Bertz CT molecular complexity index is 1500. The van der Waals surface area contributed by atoms with Crippen LogP contribution in [0, 0.1) is 12.7 Å². The number of para-hydroxylation sites is 1. The molecule has 3 heterocycles. The van der Waals surface area contributed by atoms with E-state index in [2.05, 4.69) is 16.0 Å². The molecule has 0 saturated carbocycles. The largest absolute Gasteiger partial charge is 0.334 e. The molecule has 1 fully saturated rings. The van der Waals surface area contributed by atoms with Gasteiger partial charge in [0.2, 0.25) is 0 Å². The maximum absolute atomic E-state index is 13.9. The molecule has 36 heavy (non-hydrogen) atoms. The standard InChI is InChI=1S/C26H23FN4O3S.ClH/c1-15-13-16(7-9-20(15)27)23(33)22-19-8-10-21(32)31(18-5-3-2-4-6-18)25(19)35-24(22)30-26(34)29-17-11-12-28-14-17;/h2-10,13,17,28H,11-12,14H2,1H3,(H2,29,30,34);1H/t17-;/m1./s1. The van der Waals surface area contributed by atoms with Gasteiger partial charge in [0.05, 0.1) is 11.3 Å². The Morgan fingerprint density at radius 2 is 1.89 bits per heavy atom. The molecular formula is C26H24ClFN4O3S. The molecule has 0 bridgehead atoms. The first-order valence-corrected chi connectivity index (χ1v) is 12.1. The lowest BCUT2D eigenvalue weighted by Crippen LogP contribution is -2.39. The van der Waals surface area contributed by atoms with Crippen LogP contribution in [0.15, 0.2) is 65.5 Å². The number of rotatable bonds is 5. The van der Waals surface area contributed by atoms with Gasteiger partial charge in [0.1, 0.15) is 15.6 Å². The van der Waals surface area contributed by atoms with Crippen LogP contribution in [0.4, 0.5) is 14.2 Å². The molecule has 0 unspecified atom stereocenters. The van der Waals surface area contributed by atoms with Gasteiger partial charge in [-0.3, -0.25) is 19.5 Å². The summed E-state index contributed by atoms with van der Waals surface area (Å²) >= 11 is 1.16. The number of amides is 2. The van der Waals surface area contributed by atoms with Gasteiger partial charge in [-0.2, -0.15) is 0 Å².